The molecular formula is C29H33ClN4O4S. The summed E-state index contributed by atoms with van der Waals surface area (Å²) in [6.07, 6.45) is 3.77. The molecule has 0 bridgehead atoms. The van der Waals surface area contributed by atoms with Crippen LogP contribution in [0, 0.1) is 0 Å². The Morgan fingerprint density at radius 3 is 2.31 bits per heavy atom. The number of rotatable bonds is 9. The number of hydrogen-bond donors (Lipinski definition) is 0. The van der Waals surface area contributed by atoms with Gasteiger partial charge in [0.15, 0.2) is 10.9 Å². The molecule has 2 aromatic carbocycles. The van der Waals surface area contributed by atoms with Gasteiger partial charge in [-0.1, -0.05) is 36.0 Å². The summed E-state index contributed by atoms with van der Waals surface area (Å²) in [5, 5.41) is 1.32. The molecule has 8 nitrogen and oxygen atoms in total. The van der Waals surface area contributed by atoms with E-state index in [2.05, 4.69) is 4.90 Å². The second kappa shape index (κ2) is 12.8. The Hall–Kier alpha value is -3.11. The lowest BCUT2D eigenvalue weighted by Crippen LogP contribution is -2.44. The molecule has 39 heavy (non-hydrogen) atoms. The summed E-state index contributed by atoms with van der Waals surface area (Å²) in [5.41, 5.74) is 2.91. The summed E-state index contributed by atoms with van der Waals surface area (Å²) >= 11 is 1.47. The van der Waals surface area contributed by atoms with Crippen molar-refractivity contribution in [2.45, 2.75) is 38.3 Å². The molecule has 4 aromatic rings. The summed E-state index contributed by atoms with van der Waals surface area (Å²) in [6.45, 7) is 8.26. The molecule has 0 radical (unpaired) electrons. The first-order valence-corrected chi connectivity index (χ1v) is 14.1. The van der Waals surface area contributed by atoms with Gasteiger partial charge in [-0.25, -0.2) is 4.98 Å². The zero-order valence-corrected chi connectivity index (χ0v) is 24.0. The van der Waals surface area contributed by atoms with Crippen LogP contribution >= 0.6 is 24.2 Å². The molecule has 2 aromatic heterocycles. The third-order valence-electron chi connectivity index (χ3n) is 6.89. The molecule has 0 saturated carbocycles. The molecule has 3 heterocycles. The van der Waals surface area contributed by atoms with E-state index in [0.717, 1.165) is 37.6 Å². The molecule has 0 aliphatic carbocycles. The van der Waals surface area contributed by atoms with E-state index in [-0.39, 0.29) is 30.0 Å². The molecule has 0 amide bonds. The van der Waals surface area contributed by atoms with Crippen LogP contribution in [0.5, 0.6) is 5.75 Å². The van der Waals surface area contributed by atoms with E-state index >= 15 is 0 Å². The molecule has 206 valence electrons. The minimum absolute atomic E-state index is 0. The Kier molecular flexibility index (Phi) is 9.50. The van der Waals surface area contributed by atoms with Crippen LogP contribution in [0.15, 0.2) is 70.7 Å². The second-order valence-corrected chi connectivity index (χ2v) is 10.0. The van der Waals surface area contributed by atoms with Crippen LogP contribution in [0.2, 0.25) is 0 Å². The summed E-state index contributed by atoms with van der Waals surface area (Å²) in [6, 6.07) is 16.7. The van der Waals surface area contributed by atoms with Gasteiger partial charge in [-0.15, -0.1) is 12.4 Å². The number of benzene rings is 2. The molecule has 0 N–H and O–H groups in total. The largest absolute Gasteiger partial charge is 0.475 e. The first-order chi connectivity index (χ1) is 18.5. The van der Waals surface area contributed by atoms with Crippen LogP contribution in [-0.2, 0) is 17.8 Å². The van der Waals surface area contributed by atoms with Gasteiger partial charge in [0.2, 0.25) is 0 Å². The number of halogens is 1. The Bertz CT molecular complexity index is 1480. The van der Waals surface area contributed by atoms with Gasteiger partial charge < -0.3 is 14.0 Å². The van der Waals surface area contributed by atoms with E-state index in [9.17, 15) is 9.59 Å². The van der Waals surface area contributed by atoms with E-state index in [4.69, 9.17) is 14.5 Å². The number of aromatic nitrogens is 3. The SMILES string of the molecule is CCn1c(SC)nc2c(ccn2Cc2ccc(C(=O)c3ccc(OC(C)N4CCOCC4)cc3)cc2)c1=O.Cl. The number of nitrogens with zero attached hydrogens (tertiary/aromatic N) is 4. The average Bonchev–Trinajstić information content (AvgIpc) is 3.36. The predicted molar refractivity (Wildman–Crippen MR) is 157 cm³/mol. The minimum Gasteiger partial charge on any atom is -0.475 e. The van der Waals surface area contributed by atoms with Crippen molar-refractivity contribution in [3.8, 4) is 5.75 Å². The molecule has 1 saturated heterocycles. The third kappa shape index (κ3) is 6.22. The normalized spacial score (nSPS) is 14.6. The van der Waals surface area contributed by atoms with Crippen molar-refractivity contribution in [2.24, 2.45) is 0 Å². The maximum absolute atomic E-state index is 13.1. The van der Waals surface area contributed by atoms with Crippen molar-refractivity contribution in [1.29, 1.82) is 0 Å². The number of ether oxygens (including phenoxy) is 2. The smallest absolute Gasteiger partial charge is 0.263 e. The van der Waals surface area contributed by atoms with Crippen LogP contribution in [0.3, 0.4) is 0 Å². The van der Waals surface area contributed by atoms with Crippen molar-refractivity contribution >= 4 is 41.0 Å². The number of fused-ring (bicyclic) bond motifs is 1. The van der Waals surface area contributed by atoms with Crippen LogP contribution in [0.25, 0.3) is 11.0 Å². The number of ketones is 1. The van der Waals surface area contributed by atoms with Crippen LogP contribution < -0.4 is 10.3 Å². The van der Waals surface area contributed by atoms with E-state index in [0.29, 0.717) is 40.4 Å². The minimum atomic E-state index is -0.0550. The van der Waals surface area contributed by atoms with E-state index in [1.807, 2.05) is 85.5 Å². The van der Waals surface area contributed by atoms with Gasteiger partial charge in [0.25, 0.3) is 5.56 Å². The molecule has 1 fully saturated rings. The van der Waals surface area contributed by atoms with Gasteiger partial charge >= 0.3 is 0 Å². The number of carbonyl (C=O) groups is 1. The quantitative estimate of drug-likeness (QED) is 0.164. The lowest BCUT2D eigenvalue weighted by atomic mass is 10.0. The monoisotopic (exact) mass is 568 g/mol. The number of morpholine rings is 1. The second-order valence-electron chi connectivity index (χ2n) is 9.24. The van der Waals surface area contributed by atoms with Crippen molar-refractivity contribution < 1.29 is 14.3 Å². The van der Waals surface area contributed by atoms with Gasteiger partial charge in [-0.2, -0.15) is 0 Å². The Morgan fingerprint density at radius 1 is 1.05 bits per heavy atom. The van der Waals surface area contributed by atoms with E-state index in [1.54, 1.807) is 4.57 Å². The third-order valence-corrected chi connectivity index (χ3v) is 7.57. The number of thioether (sulfide) groups is 1. The van der Waals surface area contributed by atoms with Crippen LogP contribution in [0.1, 0.15) is 35.3 Å². The topological polar surface area (TPSA) is 78.6 Å². The number of carbonyl (C=O) groups excluding carboxylic acids is 1. The van der Waals surface area contributed by atoms with E-state index in [1.165, 1.54) is 11.8 Å². The summed E-state index contributed by atoms with van der Waals surface area (Å²) in [5.74, 6) is 0.695. The first kappa shape index (κ1) is 28.9. The Morgan fingerprint density at radius 2 is 1.69 bits per heavy atom. The molecule has 0 spiro atoms. The summed E-state index contributed by atoms with van der Waals surface area (Å²) < 4.78 is 15.1. The highest BCUT2D eigenvalue weighted by Crippen LogP contribution is 2.20. The zero-order valence-electron chi connectivity index (χ0n) is 22.3. The molecule has 1 aliphatic heterocycles. The molecule has 1 aliphatic rings. The van der Waals surface area contributed by atoms with Crippen LogP contribution in [-0.4, -0.2) is 63.6 Å². The van der Waals surface area contributed by atoms with Crippen molar-refractivity contribution in [2.75, 3.05) is 32.6 Å². The lowest BCUT2D eigenvalue weighted by molar-refractivity contribution is -0.0373. The Labute approximate surface area is 238 Å². The fourth-order valence-electron chi connectivity index (χ4n) is 4.72. The summed E-state index contributed by atoms with van der Waals surface area (Å²) in [4.78, 5) is 32.9. The molecular weight excluding hydrogens is 536 g/mol. The Balaban J connectivity index is 0.00000353. The maximum Gasteiger partial charge on any atom is 0.263 e. The van der Waals surface area contributed by atoms with Gasteiger partial charge in [0.05, 0.1) is 18.6 Å². The van der Waals surface area contributed by atoms with Gasteiger partial charge in [-0.05, 0) is 56.0 Å². The van der Waals surface area contributed by atoms with Gasteiger partial charge in [0, 0.05) is 43.5 Å². The van der Waals surface area contributed by atoms with Crippen LogP contribution in [0.4, 0.5) is 0 Å². The fourth-order valence-corrected chi connectivity index (χ4v) is 5.33. The van der Waals surface area contributed by atoms with Crippen molar-refractivity contribution in [3.05, 3.63) is 87.8 Å². The van der Waals surface area contributed by atoms with Gasteiger partial charge in [-0.3, -0.25) is 19.1 Å². The molecule has 1 unspecified atom stereocenters. The highest BCUT2D eigenvalue weighted by molar-refractivity contribution is 7.98. The maximum atomic E-state index is 13.1. The van der Waals surface area contributed by atoms with E-state index < -0.39 is 0 Å². The molecule has 5 rings (SSSR count). The summed E-state index contributed by atoms with van der Waals surface area (Å²) in [7, 11) is 0. The molecule has 1 atom stereocenters. The predicted octanol–water partition coefficient (Wildman–Crippen LogP) is 4.70. The van der Waals surface area contributed by atoms with Gasteiger partial charge in [0.1, 0.15) is 17.6 Å². The van der Waals surface area contributed by atoms with Crippen molar-refractivity contribution in [3.63, 3.8) is 0 Å². The fraction of sp³-hybridized carbons (Fsp3) is 0.345. The highest BCUT2D eigenvalue weighted by Gasteiger charge is 2.19. The zero-order chi connectivity index (χ0) is 26.6. The number of hydrogen-bond acceptors (Lipinski definition) is 7. The standard InChI is InChI=1S/C29H32N4O4S.ClH/c1-4-33-28(35)25-13-14-32(27(25)30-29(33)38-3)19-21-5-7-22(8-6-21)26(34)23-9-11-24(12-10-23)37-20(2)31-15-17-36-18-16-31;/h5-14,20H,4,15-19H2,1-3H3;1H. The van der Waals surface area contributed by atoms with Crippen molar-refractivity contribution in [1.82, 2.24) is 19.0 Å². The average molecular weight is 569 g/mol. The first-order valence-electron chi connectivity index (χ1n) is 12.8. The lowest BCUT2D eigenvalue weighted by Gasteiger charge is -2.32. The molecule has 10 heteroatoms. The highest BCUT2D eigenvalue weighted by atomic mass is 35.5.